The van der Waals surface area contributed by atoms with E-state index in [2.05, 4.69) is 10.6 Å². The third-order valence-electron chi connectivity index (χ3n) is 5.05. The van der Waals surface area contributed by atoms with Gasteiger partial charge in [-0.2, -0.15) is 0 Å². The standard InChI is InChI=1S/C17H29N3O6S/c1-10(2)26-8-6-7-18-15(22)11(3)19-16(23)14-17(4,5)27(24,25)13-9-12(21)20(13)14/h10-11,13-14H,6-9H2,1-5H3,(H,18,22)(H,19,23). The van der Waals surface area contributed by atoms with Gasteiger partial charge in [-0.05, 0) is 41.0 Å². The first-order valence-electron chi connectivity index (χ1n) is 9.15. The van der Waals surface area contributed by atoms with Crippen LogP contribution in [0.1, 0.15) is 47.5 Å². The minimum atomic E-state index is -3.65. The molecule has 0 aromatic heterocycles. The van der Waals surface area contributed by atoms with E-state index in [9.17, 15) is 22.8 Å². The summed E-state index contributed by atoms with van der Waals surface area (Å²) in [4.78, 5) is 37.8. The molecule has 3 unspecified atom stereocenters. The van der Waals surface area contributed by atoms with Gasteiger partial charge in [0.15, 0.2) is 9.84 Å². The fourth-order valence-corrected chi connectivity index (χ4v) is 5.50. The van der Waals surface area contributed by atoms with Crippen LogP contribution in [0.4, 0.5) is 0 Å². The van der Waals surface area contributed by atoms with Gasteiger partial charge >= 0.3 is 0 Å². The SMILES string of the molecule is CC(C)OCCCNC(=O)C(C)NC(=O)C1N2C(=O)CC2S(=O)(=O)C1(C)C. The van der Waals surface area contributed by atoms with Crippen molar-refractivity contribution in [3.05, 3.63) is 0 Å². The smallest absolute Gasteiger partial charge is 0.245 e. The van der Waals surface area contributed by atoms with Gasteiger partial charge in [0.25, 0.3) is 0 Å². The third kappa shape index (κ3) is 3.96. The predicted molar refractivity (Wildman–Crippen MR) is 98.4 cm³/mol. The maximum Gasteiger partial charge on any atom is 0.245 e. The zero-order valence-electron chi connectivity index (χ0n) is 16.4. The van der Waals surface area contributed by atoms with Crippen molar-refractivity contribution in [1.82, 2.24) is 15.5 Å². The molecule has 3 atom stereocenters. The van der Waals surface area contributed by atoms with Crippen LogP contribution in [0.5, 0.6) is 0 Å². The van der Waals surface area contributed by atoms with Gasteiger partial charge < -0.3 is 20.3 Å². The zero-order chi connectivity index (χ0) is 20.6. The summed E-state index contributed by atoms with van der Waals surface area (Å²) in [5.74, 6) is -1.38. The normalized spacial score (nSPS) is 26.3. The van der Waals surface area contributed by atoms with Crippen molar-refractivity contribution in [3.8, 4) is 0 Å². The molecule has 0 aromatic rings. The van der Waals surface area contributed by atoms with E-state index in [-0.39, 0.29) is 24.3 Å². The lowest BCUT2D eigenvalue weighted by Gasteiger charge is -2.37. The molecule has 0 aliphatic carbocycles. The average Bonchev–Trinajstić information content (AvgIpc) is 2.67. The molecule has 27 heavy (non-hydrogen) atoms. The number of fused-ring (bicyclic) bond motifs is 1. The lowest BCUT2D eigenvalue weighted by atomic mass is 9.97. The van der Waals surface area contributed by atoms with Crippen LogP contribution >= 0.6 is 0 Å². The van der Waals surface area contributed by atoms with Crippen LogP contribution in [0.15, 0.2) is 0 Å². The van der Waals surface area contributed by atoms with E-state index in [1.807, 2.05) is 13.8 Å². The van der Waals surface area contributed by atoms with Crippen LogP contribution in [0, 0.1) is 0 Å². The molecule has 10 heteroatoms. The van der Waals surface area contributed by atoms with Crippen molar-refractivity contribution in [3.63, 3.8) is 0 Å². The fraction of sp³-hybridized carbons (Fsp3) is 0.824. The molecule has 2 aliphatic heterocycles. The summed E-state index contributed by atoms with van der Waals surface area (Å²) in [6.45, 7) is 9.18. The van der Waals surface area contributed by atoms with Gasteiger partial charge in [-0.15, -0.1) is 0 Å². The lowest BCUT2D eigenvalue weighted by Crippen LogP contribution is -2.61. The van der Waals surface area contributed by atoms with Gasteiger partial charge in [-0.3, -0.25) is 14.4 Å². The van der Waals surface area contributed by atoms with Crippen LogP contribution in [-0.4, -0.2) is 72.5 Å². The molecule has 3 amide bonds. The van der Waals surface area contributed by atoms with Crippen molar-refractivity contribution < 1.29 is 27.5 Å². The number of carbonyl (C=O) groups is 3. The van der Waals surface area contributed by atoms with Gasteiger partial charge in [0.05, 0.1) is 17.3 Å². The number of ether oxygens (including phenoxy) is 1. The Kier molecular flexibility index (Phi) is 6.20. The second-order valence-electron chi connectivity index (χ2n) is 7.81. The molecule has 9 nitrogen and oxygen atoms in total. The minimum absolute atomic E-state index is 0.0932. The molecule has 0 saturated carbocycles. The van der Waals surface area contributed by atoms with Gasteiger partial charge in [-0.25, -0.2) is 8.42 Å². The number of β-lactam (4-membered cyclic amide) rings is 1. The number of nitrogens with one attached hydrogen (secondary N) is 2. The van der Waals surface area contributed by atoms with Gasteiger partial charge in [-0.1, -0.05) is 0 Å². The fourth-order valence-electron chi connectivity index (χ4n) is 3.37. The van der Waals surface area contributed by atoms with E-state index in [4.69, 9.17) is 4.74 Å². The molecule has 0 bridgehead atoms. The highest BCUT2D eigenvalue weighted by molar-refractivity contribution is 7.93. The Morgan fingerprint density at radius 3 is 2.48 bits per heavy atom. The average molecular weight is 404 g/mol. The molecule has 2 aliphatic rings. The second kappa shape index (κ2) is 7.75. The van der Waals surface area contributed by atoms with Crippen molar-refractivity contribution in [2.24, 2.45) is 0 Å². The van der Waals surface area contributed by atoms with E-state index in [0.717, 1.165) is 4.90 Å². The number of carbonyl (C=O) groups excluding carboxylic acids is 3. The first-order valence-corrected chi connectivity index (χ1v) is 10.7. The van der Waals surface area contributed by atoms with E-state index < -0.39 is 37.9 Å². The summed E-state index contributed by atoms with van der Waals surface area (Å²) >= 11 is 0. The van der Waals surface area contributed by atoms with Gasteiger partial charge in [0.1, 0.15) is 17.5 Å². The van der Waals surface area contributed by atoms with Crippen LogP contribution < -0.4 is 10.6 Å². The summed E-state index contributed by atoms with van der Waals surface area (Å²) in [7, 11) is -3.65. The Morgan fingerprint density at radius 2 is 1.93 bits per heavy atom. The maximum absolute atomic E-state index is 12.7. The van der Waals surface area contributed by atoms with E-state index >= 15 is 0 Å². The van der Waals surface area contributed by atoms with Gasteiger partial charge in [0, 0.05) is 13.2 Å². The van der Waals surface area contributed by atoms with Crippen molar-refractivity contribution >= 4 is 27.6 Å². The first-order chi connectivity index (χ1) is 12.4. The topological polar surface area (TPSA) is 122 Å². The molecule has 0 spiro atoms. The Morgan fingerprint density at radius 1 is 1.30 bits per heavy atom. The Labute approximate surface area is 160 Å². The largest absolute Gasteiger partial charge is 0.379 e. The quantitative estimate of drug-likeness (QED) is 0.418. The molecule has 0 radical (unpaired) electrons. The minimum Gasteiger partial charge on any atom is -0.379 e. The highest BCUT2D eigenvalue weighted by Crippen LogP contribution is 2.45. The van der Waals surface area contributed by atoms with E-state index in [1.165, 1.54) is 20.8 Å². The van der Waals surface area contributed by atoms with Crippen LogP contribution in [0.25, 0.3) is 0 Å². The molecular formula is C17H29N3O6S. The molecular weight excluding hydrogens is 374 g/mol. The van der Waals surface area contributed by atoms with Crippen LogP contribution in [-0.2, 0) is 29.0 Å². The number of amides is 3. The Balaban J connectivity index is 1.92. The lowest BCUT2D eigenvalue weighted by molar-refractivity contribution is -0.150. The summed E-state index contributed by atoms with van der Waals surface area (Å²) in [6, 6.07) is -1.99. The van der Waals surface area contributed by atoms with E-state index in [0.29, 0.717) is 19.6 Å². The summed E-state index contributed by atoms with van der Waals surface area (Å²) in [5, 5.41) is 4.29. The molecule has 0 aromatic carbocycles. The van der Waals surface area contributed by atoms with Crippen LogP contribution in [0.3, 0.4) is 0 Å². The predicted octanol–water partition coefficient (Wildman–Crippen LogP) is -0.444. The second-order valence-corrected chi connectivity index (χ2v) is 10.5. The van der Waals surface area contributed by atoms with Crippen LogP contribution in [0.2, 0.25) is 0 Å². The van der Waals surface area contributed by atoms with Gasteiger partial charge in [0.2, 0.25) is 17.7 Å². The summed E-state index contributed by atoms with van der Waals surface area (Å²) in [6.07, 6.45) is 0.671. The first kappa shape index (κ1) is 21.6. The van der Waals surface area contributed by atoms with Crippen molar-refractivity contribution in [2.45, 2.75) is 75.8 Å². The molecule has 2 saturated heterocycles. The monoisotopic (exact) mass is 403 g/mol. The highest BCUT2D eigenvalue weighted by Gasteiger charge is 2.67. The Bertz CT molecular complexity index is 718. The molecule has 2 fully saturated rings. The number of hydrogen-bond acceptors (Lipinski definition) is 6. The third-order valence-corrected chi connectivity index (χ3v) is 7.85. The molecule has 154 valence electrons. The highest BCUT2D eigenvalue weighted by atomic mass is 32.2. The summed E-state index contributed by atoms with van der Waals surface area (Å²) in [5.41, 5.74) is 0. The number of hydrogen-bond donors (Lipinski definition) is 2. The molecule has 2 N–H and O–H groups in total. The zero-order valence-corrected chi connectivity index (χ0v) is 17.3. The molecule has 2 heterocycles. The number of sulfone groups is 1. The molecule has 2 rings (SSSR count). The maximum atomic E-state index is 12.7. The number of rotatable bonds is 8. The van der Waals surface area contributed by atoms with E-state index in [1.54, 1.807) is 0 Å². The van der Waals surface area contributed by atoms with Crippen molar-refractivity contribution in [2.75, 3.05) is 13.2 Å². The Hall–Kier alpha value is -1.68. The van der Waals surface area contributed by atoms with Crippen molar-refractivity contribution in [1.29, 1.82) is 0 Å². The summed E-state index contributed by atoms with van der Waals surface area (Å²) < 4.78 is 29.1. The number of nitrogens with zero attached hydrogens (tertiary/aromatic N) is 1.